The van der Waals surface area contributed by atoms with E-state index in [0.29, 0.717) is 16.8 Å². The molecule has 4 nitrogen and oxygen atoms in total. The number of anilines is 1. The van der Waals surface area contributed by atoms with Crippen LogP contribution in [0.1, 0.15) is 45.7 Å². The van der Waals surface area contributed by atoms with Crippen LogP contribution in [0.25, 0.3) is 0 Å². The molecule has 90 valence electrons. The van der Waals surface area contributed by atoms with Gasteiger partial charge in [0, 0.05) is 12.7 Å². The van der Waals surface area contributed by atoms with Gasteiger partial charge in [0.1, 0.15) is 0 Å². The fourth-order valence-corrected chi connectivity index (χ4v) is 2.28. The van der Waals surface area contributed by atoms with E-state index in [1.807, 2.05) is 19.9 Å². The molecule has 0 aliphatic carbocycles. The number of hydrogen-bond donors (Lipinski definition) is 1. The maximum Gasteiger partial charge on any atom is 0.263 e. The van der Waals surface area contributed by atoms with Crippen LogP contribution in [0.5, 0.6) is 0 Å². The molecule has 1 heterocycles. The Kier molecular flexibility index (Phi) is 2.65. The van der Waals surface area contributed by atoms with E-state index in [4.69, 9.17) is 5.73 Å². The van der Waals surface area contributed by atoms with Crippen LogP contribution in [0.3, 0.4) is 0 Å². The van der Waals surface area contributed by atoms with Crippen molar-refractivity contribution in [2.24, 2.45) is 0 Å². The van der Waals surface area contributed by atoms with Gasteiger partial charge in [-0.3, -0.25) is 14.5 Å². The Bertz CT molecular complexity index is 521. The average Bonchev–Trinajstić information content (AvgIpc) is 2.56. The molecule has 2 amide bonds. The van der Waals surface area contributed by atoms with E-state index in [9.17, 15) is 9.59 Å². The normalized spacial score (nSPS) is 14.4. The first-order valence-electron chi connectivity index (χ1n) is 5.79. The molecule has 0 atom stereocenters. The molecule has 0 saturated carbocycles. The third-order valence-corrected chi connectivity index (χ3v) is 3.33. The van der Waals surface area contributed by atoms with Crippen molar-refractivity contribution >= 4 is 17.5 Å². The van der Waals surface area contributed by atoms with Gasteiger partial charge in [-0.2, -0.15) is 0 Å². The van der Waals surface area contributed by atoms with E-state index in [1.54, 1.807) is 0 Å². The molecule has 0 aromatic heterocycles. The van der Waals surface area contributed by atoms with Gasteiger partial charge in [-0.1, -0.05) is 19.9 Å². The number of nitrogens with zero attached hydrogens (tertiary/aromatic N) is 1. The molecule has 0 radical (unpaired) electrons. The summed E-state index contributed by atoms with van der Waals surface area (Å²) in [4.78, 5) is 25.1. The largest absolute Gasteiger partial charge is 0.398 e. The van der Waals surface area contributed by atoms with Crippen LogP contribution >= 0.6 is 0 Å². The number of carbonyl (C=O) groups excluding carboxylic acids is 2. The molecule has 2 N–H and O–H groups in total. The van der Waals surface area contributed by atoms with Gasteiger partial charge in [-0.05, 0) is 24.0 Å². The van der Waals surface area contributed by atoms with Crippen molar-refractivity contribution in [1.29, 1.82) is 0 Å². The van der Waals surface area contributed by atoms with Crippen LogP contribution in [-0.2, 0) is 12.8 Å². The molecule has 1 aromatic rings. The lowest BCUT2D eigenvalue weighted by Crippen LogP contribution is -2.24. The average molecular weight is 232 g/mol. The smallest absolute Gasteiger partial charge is 0.263 e. The molecule has 17 heavy (non-hydrogen) atoms. The monoisotopic (exact) mass is 232 g/mol. The minimum Gasteiger partial charge on any atom is -0.398 e. The van der Waals surface area contributed by atoms with Gasteiger partial charge in [-0.25, -0.2) is 0 Å². The van der Waals surface area contributed by atoms with Gasteiger partial charge in [0.2, 0.25) is 0 Å². The lowest BCUT2D eigenvalue weighted by Gasteiger charge is -2.10. The number of aryl methyl sites for hydroxylation is 2. The Morgan fingerprint density at radius 1 is 1.06 bits per heavy atom. The second kappa shape index (κ2) is 3.87. The summed E-state index contributed by atoms with van der Waals surface area (Å²) >= 11 is 0. The summed E-state index contributed by atoms with van der Waals surface area (Å²) in [6.45, 7) is 3.96. The fraction of sp³-hybridized carbons (Fsp3) is 0.385. The molecule has 0 spiro atoms. The predicted molar refractivity (Wildman–Crippen MR) is 66.0 cm³/mol. The molecule has 0 bridgehead atoms. The second-order valence-electron chi connectivity index (χ2n) is 4.23. The quantitative estimate of drug-likeness (QED) is 0.622. The van der Waals surface area contributed by atoms with Crippen molar-refractivity contribution in [2.75, 3.05) is 12.8 Å². The van der Waals surface area contributed by atoms with Crippen LogP contribution in [0.15, 0.2) is 6.07 Å². The minimum atomic E-state index is -0.285. The van der Waals surface area contributed by atoms with Crippen LogP contribution in [0, 0.1) is 0 Å². The van der Waals surface area contributed by atoms with Crippen LogP contribution in [0.4, 0.5) is 5.69 Å². The highest BCUT2D eigenvalue weighted by atomic mass is 16.2. The summed E-state index contributed by atoms with van der Waals surface area (Å²) in [5, 5.41) is 0. The van der Waals surface area contributed by atoms with Gasteiger partial charge in [0.05, 0.1) is 11.1 Å². The van der Waals surface area contributed by atoms with Crippen molar-refractivity contribution in [3.8, 4) is 0 Å². The third-order valence-electron chi connectivity index (χ3n) is 3.33. The Balaban J connectivity index is 2.80. The predicted octanol–water partition coefficient (Wildman–Crippen LogP) is 1.62. The van der Waals surface area contributed by atoms with Crippen molar-refractivity contribution in [3.05, 3.63) is 28.3 Å². The molecule has 2 rings (SSSR count). The zero-order chi connectivity index (χ0) is 12.7. The van der Waals surface area contributed by atoms with E-state index in [-0.39, 0.29) is 11.8 Å². The second-order valence-corrected chi connectivity index (χ2v) is 4.23. The zero-order valence-corrected chi connectivity index (χ0v) is 10.3. The van der Waals surface area contributed by atoms with Gasteiger partial charge in [-0.15, -0.1) is 0 Å². The molecule has 1 aliphatic rings. The van der Waals surface area contributed by atoms with Crippen LogP contribution < -0.4 is 5.73 Å². The summed E-state index contributed by atoms with van der Waals surface area (Å²) in [6.07, 6.45) is 1.49. The highest BCUT2D eigenvalue weighted by molar-refractivity contribution is 6.24. The first kappa shape index (κ1) is 11.6. The maximum absolute atomic E-state index is 12.0. The van der Waals surface area contributed by atoms with Crippen molar-refractivity contribution < 1.29 is 9.59 Å². The van der Waals surface area contributed by atoms with Gasteiger partial charge < -0.3 is 5.73 Å². The third kappa shape index (κ3) is 1.44. The number of nitrogen functional groups attached to an aromatic ring is 1. The molecular weight excluding hydrogens is 216 g/mol. The standard InChI is InChI=1S/C13H16N2O2/c1-4-7-6-8(5-2)11(14)10-9(7)12(16)15(3)13(10)17/h6H,4-5,14H2,1-3H3. The summed E-state index contributed by atoms with van der Waals surface area (Å²) in [7, 11) is 1.50. The number of nitrogens with two attached hydrogens (primary N) is 1. The van der Waals surface area contributed by atoms with E-state index >= 15 is 0 Å². The van der Waals surface area contributed by atoms with Crippen LogP contribution in [-0.4, -0.2) is 23.8 Å². The van der Waals surface area contributed by atoms with Crippen molar-refractivity contribution in [2.45, 2.75) is 26.7 Å². The summed E-state index contributed by atoms with van der Waals surface area (Å²) in [5.74, 6) is -0.524. The highest BCUT2D eigenvalue weighted by Crippen LogP contribution is 2.33. The molecule has 4 heteroatoms. The van der Waals surface area contributed by atoms with E-state index < -0.39 is 0 Å². The molecule has 0 saturated heterocycles. The Hall–Kier alpha value is -1.84. The Morgan fingerprint density at radius 2 is 1.59 bits per heavy atom. The Labute approximate surface area is 100 Å². The summed E-state index contributed by atoms with van der Waals surface area (Å²) in [5.41, 5.74) is 9.19. The van der Waals surface area contributed by atoms with Gasteiger partial charge in [0.15, 0.2) is 0 Å². The first-order chi connectivity index (χ1) is 8.02. The highest BCUT2D eigenvalue weighted by Gasteiger charge is 2.37. The van der Waals surface area contributed by atoms with Crippen molar-refractivity contribution in [3.63, 3.8) is 0 Å². The number of imide groups is 1. The summed E-state index contributed by atoms with van der Waals surface area (Å²) in [6, 6.07) is 1.94. The molecule has 1 aliphatic heterocycles. The van der Waals surface area contributed by atoms with Gasteiger partial charge in [0.25, 0.3) is 11.8 Å². The summed E-state index contributed by atoms with van der Waals surface area (Å²) < 4.78 is 0. The number of rotatable bonds is 2. The first-order valence-corrected chi connectivity index (χ1v) is 5.79. The van der Waals surface area contributed by atoms with Crippen LogP contribution in [0.2, 0.25) is 0 Å². The lowest BCUT2D eigenvalue weighted by atomic mass is 9.94. The SMILES string of the molecule is CCc1cc(CC)c2c(c1N)C(=O)N(C)C2=O. The lowest BCUT2D eigenvalue weighted by molar-refractivity contribution is 0.0693. The van der Waals surface area contributed by atoms with Gasteiger partial charge >= 0.3 is 0 Å². The maximum atomic E-state index is 12.0. The van der Waals surface area contributed by atoms with E-state index in [1.165, 1.54) is 7.05 Å². The number of hydrogen-bond acceptors (Lipinski definition) is 3. The van der Waals surface area contributed by atoms with E-state index in [0.717, 1.165) is 28.9 Å². The van der Waals surface area contributed by atoms with Crippen molar-refractivity contribution in [1.82, 2.24) is 4.90 Å². The minimum absolute atomic E-state index is 0.240. The molecule has 0 unspecified atom stereocenters. The topological polar surface area (TPSA) is 63.4 Å². The zero-order valence-electron chi connectivity index (χ0n) is 10.3. The van der Waals surface area contributed by atoms with E-state index in [2.05, 4.69) is 0 Å². The number of carbonyl (C=O) groups is 2. The molecule has 0 fully saturated rings. The fourth-order valence-electron chi connectivity index (χ4n) is 2.28. The number of amides is 2. The number of fused-ring (bicyclic) bond motifs is 1. The number of benzene rings is 1. The Morgan fingerprint density at radius 3 is 2.12 bits per heavy atom. The molecular formula is C13H16N2O2. The molecule has 1 aromatic carbocycles.